The Morgan fingerprint density at radius 2 is 1.77 bits per heavy atom. The highest BCUT2D eigenvalue weighted by Gasteiger charge is 2.42. The first-order valence-electron chi connectivity index (χ1n) is 9.17. The molecule has 0 saturated carbocycles. The summed E-state index contributed by atoms with van der Waals surface area (Å²) in [7, 11) is 1.36. The molecule has 0 bridgehead atoms. The van der Waals surface area contributed by atoms with Gasteiger partial charge in [-0.15, -0.1) is 5.10 Å². The Labute approximate surface area is 173 Å². The van der Waals surface area contributed by atoms with Crippen molar-refractivity contribution in [2.45, 2.75) is 12.7 Å². The van der Waals surface area contributed by atoms with Crippen molar-refractivity contribution in [1.29, 1.82) is 0 Å². The minimum absolute atomic E-state index is 0.0101. The van der Waals surface area contributed by atoms with Gasteiger partial charge in [-0.2, -0.15) is 13.2 Å². The Morgan fingerprint density at radius 3 is 2.45 bits per heavy atom. The van der Waals surface area contributed by atoms with E-state index in [-0.39, 0.29) is 12.2 Å². The van der Waals surface area contributed by atoms with Gasteiger partial charge in [0.15, 0.2) is 22.9 Å². The summed E-state index contributed by atoms with van der Waals surface area (Å²) in [4.78, 5) is 13.9. The van der Waals surface area contributed by atoms with Crippen molar-refractivity contribution in [2.24, 2.45) is 0 Å². The van der Waals surface area contributed by atoms with Gasteiger partial charge in [0.05, 0.1) is 5.69 Å². The lowest BCUT2D eigenvalue weighted by Crippen LogP contribution is -2.29. The number of nitrogens with zero attached hydrogens (tertiary/aromatic N) is 4. The molecule has 0 aliphatic carbocycles. The predicted octanol–water partition coefficient (Wildman–Crippen LogP) is 3.47. The van der Waals surface area contributed by atoms with Crippen molar-refractivity contribution in [1.82, 2.24) is 19.9 Å². The monoisotopic (exact) mass is 436 g/mol. The maximum atomic E-state index is 13.8. The molecule has 7 nitrogen and oxygen atoms in total. The summed E-state index contributed by atoms with van der Waals surface area (Å²) in [5.41, 5.74) is -1.62. The topological polar surface area (TPSA) is 69.5 Å². The van der Waals surface area contributed by atoms with Gasteiger partial charge in [0, 0.05) is 13.6 Å². The number of alkyl halides is 3. The van der Waals surface area contributed by atoms with Crippen LogP contribution >= 0.6 is 0 Å². The van der Waals surface area contributed by atoms with Crippen LogP contribution in [0.2, 0.25) is 0 Å². The summed E-state index contributed by atoms with van der Waals surface area (Å²) >= 11 is 0. The lowest BCUT2D eigenvalue weighted by molar-refractivity contribution is -0.143. The van der Waals surface area contributed by atoms with Crippen molar-refractivity contribution in [2.75, 3.05) is 20.3 Å². The second-order valence-electron chi connectivity index (χ2n) is 6.81. The molecule has 0 radical (unpaired) electrons. The van der Waals surface area contributed by atoms with E-state index in [1.807, 2.05) is 0 Å². The molecule has 0 fully saturated rings. The van der Waals surface area contributed by atoms with E-state index in [1.165, 1.54) is 7.05 Å². The number of benzene rings is 2. The lowest BCUT2D eigenvalue weighted by Gasteiger charge is -2.21. The van der Waals surface area contributed by atoms with E-state index < -0.39 is 29.3 Å². The fraction of sp³-hybridized carbons (Fsp3) is 0.250. The number of ether oxygens (including phenoxy) is 2. The summed E-state index contributed by atoms with van der Waals surface area (Å²) in [6.07, 6.45) is -4.92. The highest BCUT2D eigenvalue weighted by atomic mass is 19.4. The molecular weight excluding hydrogens is 420 g/mol. The second-order valence-corrected chi connectivity index (χ2v) is 6.81. The molecular formula is C20H16F4N4O3. The van der Waals surface area contributed by atoms with E-state index in [2.05, 4.69) is 10.3 Å². The van der Waals surface area contributed by atoms with Gasteiger partial charge in [0.25, 0.3) is 5.91 Å². The molecule has 11 heteroatoms. The molecule has 31 heavy (non-hydrogen) atoms. The first-order valence-corrected chi connectivity index (χ1v) is 9.17. The smallest absolute Gasteiger partial charge is 0.435 e. The zero-order chi connectivity index (χ0) is 22.2. The van der Waals surface area contributed by atoms with E-state index >= 15 is 0 Å². The number of hydrogen-bond donors (Lipinski definition) is 0. The number of rotatable bonds is 4. The third kappa shape index (κ3) is 4.16. The number of carbonyl (C=O) groups excluding carboxylic acids is 1. The first kappa shape index (κ1) is 20.6. The van der Waals surface area contributed by atoms with Crippen LogP contribution < -0.4 is 9.47 Å². The highest BCUT2D eigenvalue weighted by Crippen LogP contribution is 2.34. The van der Waals surface area contributed by atoms with Crippen molar-refractivity contribution in [3.8, 4) is 17.2 Å². The van der Waals surface area contributed by atoms with Crippen molar-refractivity contribution in [3.05, 3.63) is 65.2 Å². The van der Waals surface area contributed by atoms with Crippen LogP contribution in [0.4, 0.5) is 17.6 Å². The number of fused-ring (bicyclic) bond motifs is 1. The molecule has 2 heterocycles. The van der Waals surface area contributed by atoms with Crippen molar-refractivity contribution < 1.29 is 31.8 Å². The second kappa shape index (κ2) is 7.89. The number of aromatic nitrogens is 3. The van der Waals surface area contributed by atoms with E-state index in [9.17, 15) is 22.4 Å². The Morgan fingerprint density at radius 1 is 1.10 bits per heavy atom. The standard InChI is InChI=1S/C20H16F4N4O3/c1-27(11-12-2-7-15-16(10-12)31-9-8-30-15)19(29)17-18(20(22,23)24)28(26-25-17)14-5-3-13(21)4-6-14/h2-7,10H,8-9,11H2,1H3. The van der Waals surface area contributed by atoms with Gasteiger partial charge >= 0.3 is 6.18 Å². The minimum atomic E-state index is -4.92. The molecule has 1 amide bonds. The molecule has 1 aliphatic rings. The number of hydrogen-bond acceptors (Lipinski definition) is 5. The molecule has 4 rings (SSSR count). The SMILES string of the molecule is CN(Cc1ccc2c(c1)OCCO2)C(=O)c1nnn(-c2ccc(F)cc2)c1C(F)(F)F. The summed E-state index contributed by atoms with van der Waals surface area (Å²) in [5, 5.41) is 6.97. The summed E-state index contributed by atoms with van der Waals surface area (Å²) in [6.45, 7) is 0.817. The van der Waals surface area contributed by atoms with Crippen LogP contribution in [0.15, 0.2) is 42.5 Å². The summed E-state index contributed by atoms with van der Waals surface area (Å²) < 4.78 is 65.8. The maximum absolute atomic E-state index is 13.8. The van der Waals surface area contributed by atoms with Crippen LogP contribution in [-0.4, -0.2) is 46.1 Å². The van der Waals surface area contributed by atoms with Gasteiger partial charge < -0.3 is 14.4 Å². The highest BCUT2D eigenvalue weighted by molar-refractivity contribution is 5.93. The molecule has 162 valence electrons. The molecule has 0 unspecified atom stereocenters. The van der Waals surface area contributed by atoms with E-state index in [0.717, 1.165) is 29.2 Å². The van der Waals surface area contributed by atoms with Gasteiger partial charge in [-0.05, 0) is 42.0 Å². The normalized spacial score (nSPS) is 13.2. The van der Waals surface area contributed by atoms with Crippen LogP contribution in [0.5, 0.6) is 11.5 Å². The molecule has 1 aromatic heterocycles. The van der Waals surface area contributed by atoms with Gasteiger partial charge in [0.2, 0.25) is 0 Å². The van der Waals surface area contributed by atoms with Gasteiger partial charge in [-0.25, -0.2) is 9.07 Å². The fourth-order valence-electron chi connectivity index (χ4n) is 3.16. The average Bonchev–Trinajstić information content (AvgIpc) is 3.19. The molecule has 3 aromatic rings. The zero-order valence-corrected chi connectivity index (χ0v) is 16.2. The molecule has 0 saturated heterocycles. The molecule has 2 aromatic carbocycles. The Bertz CT molecular complexity index is 1110. The summed E-state index contributed by atoms with van der Waals surface area (Å²) in [6, 6.07) is 9.25. The first-order chi connectivity index (χ1) is 14.7. The largest absolute Gasteiger partial charge is 0.486 e. The van der Waals surface area contributed by atoms with Crippen molar-refractivity contribution >= 4 is 5.91 Å². The average molecular weight is 436 g/mol. The Kier molecular flexibility index (Phi) is 5.25. The van der Waals surface area contributed by atoms with E-state index in [4.69, 9.17) is 9.47 Å². The van der Waals surface area contributed by atoms with Crippen LogP contribution in [0.1, 0.15) is 21.7 Å². The Hall–Kier alpha value is -3.63. The van der Waals surface area contributed by atoms with E-state index in [1.54, 1.807) is 18.2 Å². The molecule has 1 aliphatic heterocycles. The van der Waals surface area contributed by atoms with Crippen molar-refractivity contribution in [3.63, 3.8) is 0 Å². The van der Waals surface area contributed by atoms with Gasteiger partial charge in [-0.1, -0.05) is 11.3 Å². The van der Waals surface area contributed by atoms with E-state index in [0.29, 0.717) is 35.0 Å². The molecule has 0 atom stereocenters. The third-order valence-electron chi connectivity index (χ3n) is 4.59. The summed E-state index contributed by atoms with van der Waals surface area (Å²) in [5.74, 6) is -0.517. The van der Waals surface area contributed by atoms with Crippen LogP contribution in [0.25, 0.3) is 5.69 Å². The number of halogens is 4. The quantitative estimate of drug-likeness (QED) is 0.586. The van der Waals surface area contributed by atoms with Crippen LogP contribution in [0, 0.1) is 5.82 Å². The fourth-order valence-corrected chi connectivity index (χ4v) is 3.16. The van der Waals surface area contributed by atoms with Crippen LogP contribution in [0.3, 0.4) is 0 Å². The maximum Gasteiger partial charge on any atom is 0.435 e. The number of carbonyl (C=O) groups is 1. The zero-order valence-electron chi connectivity index (χ0n) is 16.2. The minimum Gasteiger partial charge on any atom is -0.486 e. The number of amides is 1. The van der Waals surface area contributed by atoms with Gasteiger partial charge in [-0.3, -0.25) is 4.79 Å². The predicted molar refractivity (Wildman–Crippen MR) is 99.5 cm³/mol. The van der Waals surface area contributed by atoms with Gasteiger partial charge in [0.1, 0.15) is 19.0 Å². The lowest BCUT2D eigenvalue weighted by atomic mass is 10.1. The molecule has 0 N–H and O–H groups in total. The van der Waals surface area contributed by atoms with Crippen LogP contribution in [-0.2, 0) is 12.7 Å². The third-order valence-corrected chi connectivity index (χ3v) is 4.59. The molecule has 0 spiro atoms. The Balaban J connectivity index is 1.62.